The number of para-hydroxylation sites is 6. The summed E-state index contributed by atoms with van der Waals surface area (Å²) in [7, 11) is 0. The molecule has 0 radical (unpaired) electrons. The monoisotopic (exact) mass is 880 g/mol. The maximum atomic E-state index is 6.49. The quantitative estimate of drug-likeness (QED) is 0.144. The van der Waals surface area contributed by atoms with Gasteiger partial charge in [0.05, 0.1) is 22.4 Å². The summed E-state index contributed by atoms with van der Waals surface area (Å²) in [5.74, 6) is 0. The van der Waals surface area contributed by atoms with Gasteiger partial charge in [0.25, 0.3) is 0 Å². The lowest BCUT2D eigenvalue weighted by Gasteiger charge is -2.28. The van der Waals surface area contributed by atoms with Gasteiger partial charge in [-0.1, -0.05) is 212 Å². The van der Waals surface area contributed by atoms with Gasteiger partial charge in [-0.25, -0.2) is 0 Å². The first-order valence-electron chi connectivity index (χ1n) is 23.6. The molecule has 0 saturated carbocycles. The molecule has 2 heterocycles. The molecule has 0 fully saturated rings. The van der Waals surface area contributed by atoms with E-state index < -0.39 is 0 Å². The fourth-order valence-electron chi connectivity index (χ4n) is 10.4. The van der Waals surface area contributed by atoms with Gasteiger partial charge in [-0.05, 0) is 93.5 Å². The highest BCUT2D eigenvalue weighted by molar-refractivity contribution is 6.11. The van der Waals surface area contributed by atoms with E-state index in [1.807, 2.05) is 12.1 Å². The number of furan rings is 1. The largest absolute Gasteiger partial charge is 0.455 e. The number of hydrogen-bond donors (Lipinski definition) is 0. The van der Waals surface area contributed by atoms with Crippen molar-refractivity contribution in [2.75, 3.05) is 4.90 Å². The second-order valence-electron chi connectivity index (χ2n) is 17.6. The van der Waals surface area contributed by atoms with Crippen molar-refractivity contribution in [3.8, 4) is 61.3 Å². The fourth-order valence-corrected chi connectivity index (χ4v) is 10.4. The summed E-state index contributed by atoms with van der Waals surface area (Å²) in [5, 5.41) is 4.76. The van der Waals surface area contributed by atoms with Crippen LogP contribution in [0.2, 0.25) is 0 Å². The van der Waals surface area contributed by atoms with Crippen LogP contribution in [-0.4, -0.2) is 4.57 Å². The Morgan fingerprint density at radius 1 is 0.275 bits per heavy atom. The van der Waals surface area contributed by atoms with E-state index in [9.17, 15) is 0 Å². The third kappa shape index (κ3) is 6.99. The van der Waals surface area contributed by atoms with E-state index in [-0.39, 0.29) is 0 Å². The van der Waals surface area contributed by atoms with Crippen LogP contribution >= 0.6 is 0 Å². The van der Waals surface area contributed by atoms with Gasteiger partial charge in [-0.2, -0.15) is 0 Å². The average molecular weight is 881 g/mol. The fraction of sp³-hybridized carbons (Fsp3) is 0. The molecule has 13 rings (SSSR count). The third-order valence-electron chi connectivity index (χ3n) is 13.7. The summed E-state index contributed by atoms with van der Waals surface area (Å²) < 4.78 is 8.90. The standard InChI is InChI=1S/C66H44N2O/c1-2-17-45(18-3-1)52-19-4-5-20-53(52)46-37-41-50(42-38-46)67(51-43-39-49(40-44-51)56-26-16-27-60-59-25-10-15-32-65(59)69-66(56)60)61-28-11-6-21-54(61)47-33-35-48(36-34-47)55-22-7-12-29-62(55)68-63-30-13-8-23-57(63)58-24-9-14-31-64(58)68/h1-44H. The topological polar surface area (TPSA) is 21.3 Å². The molecule has 11 aromatic carbocycles. The van der Waals surface area contributed by atoms with Crippen molar-refractivity contribution in [3.63, 3.8) is 0 Å². The average Bonchev–Trinajstić information content (AvgIpc) is 3.98. The number of benzene rings is 11. The van der Waals surface area contributed by atoms with Crippen molar-refractivity contribution in [2.45, 2.75) is 0 Å². The summed E-state index contributed by atoms with van der Waals surface area (Å²) in [5.41, 5.74) is 20.1. The lowest BCUT2D eigenvalue weighted by atomic mass is 9.94. The van der Waals surface area contributed by atoms with Crippen molar-refractivity contribution in [2.24, 2.45) is 0 Å². The molecular weight excluding hydrogens is 837 g/mol. The zero-order chi connectivity index (χ0) is 45.7. The van der Waals surface area contributed by atoms with Crippen molar-refractivity contribution < 1.29 is 4.42 Å². The van der Waals surface area contributed by atoms with Gasteiger partial charge >= 0.3 is 0 Å². The number of anilines is 3. The third-order valence-corrected chi connectivity index (χ3v) is 13.7. The van der Waals surface area contributed by atoms with Gasteiger partial charge in [0.2, 0.25) is 0 Å². The minimum Gasteiger partial charge on any atom is -0.455 e. The second-order valence-corrected chi connectivity index (χ2v) is 17.6. The van der Waals surface area contributed by atoms with Crippen molar-refractivity contribution in [1.29, 1.82) is 0 Å². The van der Waals surface area contributed by atoms with Gasteiger partial charge in [-0.15, -0.1) is 0 Å². The molecule has 0 unspecified atom stereocenters. The number of nitrogens with zero attached hydrogens (tertiary/aromatic N) is 2. The molecule has 0 bridgehead atoms. The van der Waals surface area contributed by atoms with Gasteiger partial charge in [0.15, 0.2) is 0 Å². The van der Waals surface area contributed by atoms with E-state index in [1.54, 1.807) is 0 Å². The molecule has 2 aromatic heterocycles. The first-order chi connectivity index (χ1) is 34.2. The molecule has 0 atom stereocenters. The van der Waals surface area contributed by atoms with Gasteiger partial charge < -0.3 is 13.9 Å². The summed E-state index contributed by atoms with van der Waals surface area (Å²) >= 11 is 0. The summed E-state index contributed by atoms with van der Waals surface area (Å²) in [6, 6.07) is 96.0. The van der Waals surface area contributed by atoms with Crippen molar-refractivity contribution in [3.05, 3.63) is 267 Å². The van der Waals surface area contributed by atoms with Crippen LogP contribution in [0.1, 0.15) is 0 Å². The van der Waals surface area contributed by atoms with E-state index in [0.717, 1.165) is 78.1 Å². The van der Waals surface area contributed by atoms with E-state index >= 15 is 0 Å². The van der Waals surface area contributed by atoms with E-state index in [2.05, 4.69) is 264 Å². The Kier molecular flexibility index (Phi) is 9.84. The predicted molar refractivity (Wildman–Crippen MR) is 290 cm³/mol. The minimum atomic E-state index is 0.898. The molecule has 0 amide bonds. The maximum Gasteiger partial charge on any atom is 0.143 e. The van der Waals surface area contributed by atoms with Crippen LogP contribution < -0.4 is 4.90 Å². The van der Waals surface area contributed by atoms with Crippen LogP contribution in [0.25, 0.3) is 105 Å². The smallest absolute Gasteiger partial charge is 0.143 e. The molecule has 0 aliphatic heterocycles. The van der Waals surface area contributed by atoms with Crippen molar-refractivity contribution >= 4 is 60.8 Å². The molecule has 3 heteroatoms. The molecule has 0 N–H and O–H groups in total. The number of rotatable bonds is 9. The maximum absolute atomic E-state index is 6.49. The zero-order valence-electron chi connectivity index (χ0n) is 37.7. The lowest BCUT2D eigenvalue weighted by molar-refractivity contribution is 0.670. The molecule has 13 aromatic rings. The van der Waals surface area contributed by atoms with Crippen LogP contribution in [0.4, 0.5) is 17.1 Å². The minimum absolute atomic E-state index is 0.898. The van der Waals surface area contributed by atoms with E-state index in [0.29, 0.717) is 0 Å². The molecule has 0 spiro atoms. The number of aromatic nitrogens is 1. The molecule has 69 heavy (non-hydrogen) atoms. The van der Waals surface area contributed by atoms with Gasteiger partial charge in [0.1, 0.15) is 11.2 Å². The lowest BCUT2D eigenvalue weighted by Crippen LogP contribution is -2.11. The summed E-state index contributed by atoms with van der Waals surface area (Å²) in [6.07, 6.45) is 0. The second kappa shape index (κ2) is 16.9. The predicted octanol–water partition coefficient (Wildman–Crippen LogP) is 18.5. The van der Waals surface area contributed by atoms with Crippen LogP contribution in [0.5, 0.6) is 0 Å². The molecule has 3 nitrogen and oxygen atoms in total. The highest BCUT2D eigenvalue weighted by atomic mass is 16.3. The molecule has 0 aliphatic carbocycles. The highest BCUT2D eigenvalue weighted by Crippen LogP contribution is 2.44. The van der Waals surface area contributed by atoms with Crippen LogP contribution in [0.3, 0.4) is 0 Å². The Morgan fingerprint density at radius 2 is 0.696 bits per heavy atom. The Hall–Kier alpha value is -9.18. The first kappa shape index (κ1) is 40.1. The molecular formula is C66H44N2O. The zero-order valence-corrected chi connectivity index (χ0v) is 37.7. The Labute approximate surface area is 401 Å². The van der Waals surface area contributed by atoms with Crippen LogP contribution in [0, 0.1) is 0 Å². The first-order valence-corrected chi connectivity index (χ1v) is 23.6. The highest BCUT2D eigenvalue weighted by Gasteiger charge is 2.20. The molecule has 0 saturated heterocycles. The van der Waals surface area contributed by atoms with Crippen LogP contribution in [-0.2, 0) is 0 Å². The SMILES string of the molecule is c1ccc(-c2ccccc2-c2ccc(N(c3ccc(-c4cccc5c4oc4ccccc45)cc3)c3ccccc3-c3ccc(-c4ccccc4-n4c5ccccc5c5ccccc54)cc3)cc2)cc1. The van der Waals surface area contributed by atoms with E-state index in [4.69, 9.17) is 4.42 Å². The van der Waals surface area contributed by atoms with E-state index in [1.165, 1.54) is 44.1 Å². The molecule has 0 aliphatic rings. The molecule has 324 valence electrons. The number of fused-ring (bicyclic) bond motifs is 6. The number of hydrogen-bond acceptors (Lipinski definition) is 2. The van der Waals surface area contributed by atoms with Crippen LogP contribution in [0.15, 0.2) is 271 Å². The summed E-state index contributed by atoms with van der Waals surface area (Å²) in [6.45, 7) is 0. The summed E-state index contributed by atoms with van der Waals surface area (Å²) in [4.78, 5) is 2.39. The Bertz CT molecular complexity index is 3940. The van der Waals surface area contributed by atoms with Gasteiger partial charge in [-0.3, -0.25) is 0 Å². The van der Waals surface area contributed by atoms with Gasteiger partial charge in [0, 0.05) is 49.6 Å². The Morgan fingerprint density at radius 3 is 1.35 bits per heavy atom. The normalized spacial score (nSPS) is 11.5. The van der Waals surface area contributed by atoms with Crippen molar-refractivity contribution in [1.82, 2.24) is 4.57 Å². The Balaban J connectivity index is 0.913.